The first-order valence-electron chi connectivity index (χ1n) is 19.7. The van der Waals surface area contributed by atoms with Gasteiger partial charge in [0.15, 0.2) is 12.0 Å². The highest BCUT2D eigenvalue weighted by atomic mass is 28.4. The molecule has 1 amide bonds. The largest absolute Gasteiger partial charge is 0.494 e. The van der Waals surface area contributed by atoms with E-state index in [0.29, 0.717) is 56.4 Å². The number of aromatic nitrogens is 3. The molecule has 0 saturated carbocycles. The third-order valence-corrected chi connectivity index (χ3v) is 15.3. The first-order valence-corrected chi connectivity index (χ1v) is 21.6. The standard InChI is InChI=1S/C45H52N4O6Si/c1-45(2,3)56(37-20-9-5-10-21-37,38-22-11-6-12-23-38)54-30-15-19-35-31-41(55-48-35)43-39-32-36(25-26-40(39)49(47-43)42-24-13-14-28-52-42)51-29-16-27-46-44(50)53-33-34-17-7-4-8-18-34/h4-12,17-18,20-23,25-26,31-32,42H,13-16,19,24,27-30,33H2,1-3H3,(H,46,50). The summed E-state index contributed by atoms with van der Waals surface area (Å²) in [5.74, 6) is 1.30. The van der Waals surface area contributed by atoms with Crippen LogP contribution in [0.3, 0.4) is 0 Å². The first-order chi connectivity index (χ1) is 27.3. The molecule has 0 aliphatic carbocycles. The van der Waals surface area contributed by atoms with Crippen LogP contribution in [0.4, 0.5) is 4.79 Å². The van der Waals surface area contributed by atoms with Gasteiger partial charge in [0, 0.05) is 31.2 Å². The Morgan fingerprint density at radius 3 is 2.27 bits per heavy atom. The molecular formula is C45H52N4O6Si. The molecule has 1 aliphatic heterocycles. The van der Waals surface area contributed by atoms with Crippen molar-refractivity contribution in [3.8, 4) is 17.2 Å². The van der Waals surface area contributed by atoms with Gasteiger partial charge in [-0.2, -0.15) is 5.10 Å². The average molecular weight is 773 g/mol. The maximum atomic E-state index is 12.1. The Kier molecular flexibility index (Phi) is 12.6. The lowest BCUT2D eigenvalue weighted by Crippen LogP contribution is -2.66. The molecule has 56 heavy (non-hydrogen) atoms. The fraction of sp³-hybridized carbons (Fsp3) is 0.356. The molecule has 1 fully saturated rings. The summed E-state index contributed by atoms with van der Waals surface area (Å²) in [5, 5.41) is 15.7. The van der Waals surface area contributed by atoms with Crippen LogP contribution >= 0.6 is 0 Å². The van der Waals surface area contributed by atoms with Crippen LogP contribution < -0.4 is 20.4 Å². The molecule has 2 aromatic heterocycles. The molecule has 4 aromatic carbocycles. The van der Waals surface area contributed by atoms with Crippen molar-refractivity contribution in [3.63, 3.8) is 0 Å². The van der Waals surface area contributed by atoms with Crippen LogP contribution in [0.1, 0.15) is 70.4 Å². The number of amides is 1. The lowest BCUT2D eigenvalue weighted by Gasteiger charge is -2.43. The highest BCUT2D eigenvalue weighted by molar-refractivity contribution is 6.99. The number of aryl methyl sites for hydroxylation is 1. The predicted octanol–water partition coefficient (Wildman–Crippen LogP) is 8.59. The zero-order valence-electron chi connectivity index (χ0n) is 32.6. The summed E-state index contributed by atoms with van der Waals surface area (Å²) >= 11 is 0. The van der Waals surface area contributed by atoms with Gasteiger partial charge in [0.05, 0.1) is 17.8 Å². The van der Waals surface area contributed by atoms with Crippen molar-refractivity contribution in [2.45, 2.75) is 77.2 Å². The molecule has 0 bridgehead atoms. The zero-order valence-corrected chi connectivity index (χ0v) is 33.6. The quantitative estimate of drug-likeness (QED) is 0.0770. The number of hydrogen-bond acceptors (Lipinski definition) is 8. The second kappa shape index (κ2) is 18.1. The zero-order chi connectivity index (χ0) is 38.8. The van der Waals surface area contributed by atoms with Gasteiger partial charge in [-0.05, 0) is 77.7 Å². The van der Waals surface area contributed by atoms with E-state index in [9.17, 15) is 4.79 Å². The van der Waals surface area contributed by atoms with Crippen molar-refractivity contribution >= 4 is 35.7 Å². The number of hydrogen-bond donors (Lipinski definition) is 1. The van der Waals surface area contributed by atoms with E-state index in [1.54, 1.807) is 0 Å². The number of fused-ring (bicyclic) bond motifs is 1. The van der Waals surface area contributed by atoms with Crippen molar-refractivity contribution in [1.82, 2.24) is 20.3 Å². The molecule has 3 heterocycles. The number of rotatable bonds is 16. The summed E-state index contributed by atoms with van der Waals surface area (Å²) in [5.41, 5.74) is 3.44. The van der Waals surface area contributed by atoms with Crippen LogP contribution in [-0.4, -0.2) is 55.7 Å². The second-order valence-electron chi connectivity index (χ2n) is 15.3. The van der Waals surface area contributed by atoms with E-state index in [4.69, 9.17) is 28.3 Å². The first kappa shape index (κ1) is 39.0. The van der Waals surface area contributed by atoms with Crippen molar-refractivity contribution < 1.29 is 28.0 Å². The van der Waals surface area contributed by atoms with Crippen molar-refractivity contribution in [3.05, 3.63) is 127 Å². The summed E-state index contributed by atoms with van der Waals surface area (Å²) in [6, 6.07) is 39.0. The molecule has 0 radical (unpaired) electrons. The summed E-state index contributed by atoms with van der Waals surface area (Å²) in [6.07, 6.45) is 4.53. The SMILES string of the molecule is CC(C)(C)[Si](OCCCc1cc(-c2nn(C3CCCCO3)c3ccc(OCCCNC(=O)OCc4ccccc4)cc23)on1)(c1ccccc1)c1ccccc1. The van der Waals surface area contributed by atoms with Crippen LogP contribution in [0.5, 0.6) is 5.75 Å². The third-order valence-electron chi connectivity index (χ3n) is 10.3. The van der Waals surface area contributed by atoms with Gasteiger partial charge in [0.1, 0.15) is 18.1 Å². The van der Waals surface area contributed by atoms with Crippen LogP contribution in [-0.2, 0) is 26.9 Å². The van der Waals surface area contributed by atoms with Crippen LogP contribution in [0.2, 0.25) is 5.04 Å². The van der Waals surface area contributed by atoms with Gasteiger partial charge in [-0.1, -0.05) is 117 Å². The summed E-state index contributed by atoms with van der Waals surface area (Å²) in [4.78, 5) is 12.1. The molecule has 292 valence electrons. The van der Waals surface area contributed by atoms with Gasteiger partial charge in [0.25, 0.3) is 8.32 Å². The minimum Gasteiger partial charge on any atom is -0.494 e. The van der Waals surface area contributed by atoms with Gasteiger partial charge in [0.2, 0.25) is 0 Å². The molecule has 1 atom stereocenters. The van der Waals surface area contributed by atoms with E-state index in [2.05, 4.69) is 91.9 Å². The normalized spacial score (nSPS) is 14.8. The molecule has 1 saturated heterocycles. The van der Waals surface area contributed by atoms with Gasteiger partial charge < -0.3 is 28.5 Å². The highest BCUT2D eigenvalue weighted by Gasteiger charge is 2.50. The van der Waals surface area contributed by atoms with Gasteiger partial charge in [-0.25, -0.2) is 9.48 Å². The lowest BCUT2D eigenvalue weighted by atomic mass is 10.1. The lowest BCUT2D eigenvalue weighted by molar-refractivity contribution is -0.0365. The molecule has 11 heteroatoms. The molecule has 1 unspecified atom stereocenters. The van der Waals surface area contributed by atoms with Crippen molar-refractivity contribution in [2.24, 2.45) is 0 Å². The monoisotopic (exact) mass is 772 g/mol. The number of carbonyl (C=O) groups is 1. The number of nitrogens with one attached hydrogen (secondary N) is 1. The molecule has 1 N–H and O–H groups in total. The highest BCUT2D eigenvalue weighted by Crippen LogP contribution is 2.38. The van der Waals surface area contributed by atoms with E-state index in [-0.39, 0.29) is 17.9 Å². The van der Waals surface area contributed by atoms with Gasteiger partial charge in [-0.3, -0.25) is 0 Å². The van der Waals surface area contributed by atoms with Crippen molar-refractivity contribution in [2.75, 3.05) is 26.4 Å². The van der Waals surface area contributed by atoms with Gasteiger partial charge in [-0.15, -0.1) is 0 Å². The summed E-state index contributed by atoms with van der Waals surface area (Å²) < 4.78 is 32.7. The molecule has 6 aromatic rings. The summed E-state index contributed by atoms with van der Waals surface area (Å²) in [6.45, 7) is 9.28. The number of nitrogens with zero attached hydrogens (tertiary/aromatic N) is 3. The fourth-order valence-corrected chi connectivity index (χ4v) is 12.1. The smallest absolute Gasteiger partial charge is 0.407 e. The topological polar surface area (TPSA) is 110 Å². The molecule has 7 rings (SSSR count). The summed E-state index contributed by atoms with van der Waals surface area (Å²) in [7, 11) is -2.62. The molecule has 10 nitrogen and oxygen atoms in total. The fourth-order valence-electron chi connectivity index (χ4n) is 7.54. The maximum absolute atomic E-state index is 12.1. The molecular weight excluding hydrogens is 721 g/mol. The Bertz CT molecular complexity index is 2100. The van der Waals surface area contributed by atoms with E-state index in [1.807, 2.05) is 59.3 Å². The Morgan fingerprint density at radius 1 is 0.875 bits per heavy atom. The number of carbonyl (C=O) groups excluding carboxylic acids is 1. The van der Waals surface area contributed by atoms with Crippen LogP contribution in [0.15, 0.2) is 120 Å². The van der Waals surface area contributed by atoms with Crippen LogP contribution in [0.25, 0.3) is 22.4 Å². The Balaban J connectivity index is 1.01. The molecule has 0 spiro atoms. The molecule has 1 aliphatic rings. The number of alkyl carbamates (subject to hydrolysis) is 1. The van der Waals surface area contributed by atoms with Gasteiger partial charge >= 0.3 is 6.09 Å². The van der Waals surface area contributed by atoms with E-state index >= 15 is 0 Å². The van der Waals surface area contributed by atoms with E-state index in [1.165, 1.54) is 10.4 Å². The Morgan fingerprint density at radius 2 is 1.59 bits per heavy atom. The second-order valence-corrected chi connectivity index (χ2v) is 19.6. The van der Waals surface area contributed by atoms with Crippen molar-refractivity contribution in [1.29, 1.82) is 0 Å². The predicted molar refractivity (Wildman–Crippen MR) is 221 cm³/mol. The Labute approximate surface area is 330 Å². The Hall–Kier alpha value is -5.23. The average Bonchev–Trinajstić information content (AvgIpc) is 3.85. The van der Waals surface area contributed by atoms with Crippen LogP contribution in [0, 0.1) is 0 Å². The van der Waals surface area contributed by atoms with E-state index < -0.39 is 14.4 Å². The number of benzene rings is 4. The minimum atomic E-state index is -2.62. The third kappa shape index (κ3) is 9.07. The van der Waals surface area contributed by atoms with E-state index in [0.717, 1.165) is 47.8 Å². The minimum absolute atomic E-state index is 0.0885. The maximum Gasteiger partial charge on any atom is 0.407 e. The number of ether oxygens (including phenoxy) is 3.